The molecule has 3 N–H and O–H groups in total. The molecule has 2 amide bonds. The number of anilines is 1. The van der Waals surface area contributed by atoms with Crippen molar-refractivity contribution in [2.75, 3.05) is 5.32 Å². The fraction of sp³-hybridized carbons (Fsp3) is 0.207. The van der Waals surface area contributed by atoms with Crippen LogP contribution in [-0.4, -0.2) is 34.7 Å². The molecule has 0 unspecified atom stereocenters. The van der Waals surface area contributed by atoms with Gasteiger partial charge in [0.05, 0.1) is 0 Å². The average molecular weight is 501 g/mol. The first-order valence-corrected chi connectivity index (χ1v) is 11.8. The van der Waals surface area contributed by atoms with Crippen molar-refractivity contribution in [3.8, 4) is 11.5 Å². The highest BCUT2D eigenvalue weighted by Gasteiger charge is 2.25. The van der Waals surface area contributed by atoms with Crippen molar-refractivity contribution in [3.63, 3.8) is 0 Å². The van der Waals surface area contributed by atoms with E-state index in [1.54, 1.807) is 45.0 Å². The normalized spacial score (nSPS) is 14.5. The van der Waals surface area contributed by atoms with Crippen LogP contribution in [0.25, 0.3) is 11.6 Å². The standard InChI is InChI=1S/C29H28N2O6/c1-29(2,3)37-28(35)31-25(27(33)34)17-19-10-14-21(15-11-19)36-20-12-8-18(9-13-20)16-23-22-6-4-5-7-24(22)30-26(23)32/h4-16,25H,17H2,1-3H3,(H,30,32)(H,31,35)(H,33,34)/t25-/m0/s1. The Kier molecular flexibility index (Phi) is 7.29. The van der Waals surface area contributed by atoms with Crippen LogP contribution in [-0.2, 0) is 20.7 Å². The molecule has 4 rings (SSSR count). The molecular weight excluding hydrogens is 472 g/mol. The Hall–Kier alpha value is -4.59. The molecule has 0 bridgehead atoms. The number of benzene rings is 3. The first-order valence-electron chi connectivity index (χ1n) is 11.8. The number of aliphatic carboxylic acids is 1. The van der Waals surface area contributed by atoms with Crippen molar-refractivity contribution in [1.82, 2.24) is 5.32 Å². The number of carbonyl (C=O) groups is 3. The lowest BCUT2D eigenvalue weighted by atomic mass is 10.0. The summed E-state index contributed by atoms with van der Waals surface area (Å²) in [6.07, 6.45) is 1.15. The SMILES string of the molecule is CC(C)(C)OC(=O)N[C@@H](Cc1ccc(Oc2ccc(C=C3C(=O)Nc4ccccc43)cc2)cc1)C(=O)O. The highest BCUT2D eigenvalue weighted by Crippen LogP contribution is 2.33. The van der Waals surface area contributed by atoms with Gasteiger partial charge >= 0.3 is 12.1 Å². The lowest BCUT2D eigenvalue weighted by Crippen LogP contribution is -2.44. The van der Waals surface area contributed by atoms with E-state index in [1.807, 2.05) is 54.6 Å². The number of carboxylic acids is 1. The quantitative estimate of drug-likeness (QED) is 0.370. The number of hydrogen-bond donors (Lipinski definition) is 3. The Morgan fingerprint density at radius 1 is 0.973 bits per heavy atom. The van der Waals surface area contributed by atoms with Gasteiger partial charge in [0.2, 0.25) is 0 Å². The molecule has 1 aliphatic heterocycles. The number of rotatable bonds is 7. The molecule has 8 heteroatoms. The minimum atomic E-state index is -1.15. The molecule has 1 aliphatic rings. The van der Waals surface area contributed by atoms with Crippen molar-refractivity contribution in [2.45, 2.75) is 38.8 Å². The van der Waals surface area contributed by atoms with Gasteiger partial charge in [0.25, 0.3) is 5.91 Å². The van der Waals surface area contributed by atoms with Crippen molar-refractivity contribution in [3.05, 3.63) is 89.5 Å². The molecular formula is C29H28N2O6. The smallest absolute Gasteiger partial charge is 0.408 e. The largest absolute Gasteiger partial charge is 0.480 e. The third-order valence-electron chi connectivity index (χ3n) is 5.49. The lowest BCUT2D eigenvalue weighted by Gasteiger charge is -2.22. The molecule has 0 saturated heterocycles. The Bertz CT molecular complexity index is 1340. The number of fused-ring (bicyclic) bond motifs is 1. The van der Waals surface area contributed by atoms with Crippen LogP contribution in [0.5, 0.6) is 11.5 Å². The second-order valence-corrected chi connectivity index (χ2v) is 9.61. The highest BCUT2D eigenvalue weighted by atomic mass is 16.6. The van der Waals surface area contributed by atoms with Crippen molar-refractivity contribution < 1.29 is 29.0 Å². The van der Waals surface area contributed by atoms with E-state index in [9.17, 15) is 19.5 Å². The van der Waals surface area contributed by atoms with Crippen LogP contribution in [0.15, 0.2) is 72.8 Å². The van der Waals surface area contributed by atoms with Crippen LogP contribution in [0.4, 0.5) is 10.5 Å². The number of para-hydroxylation sites is 1. The first kappa shape index (κ1) is 25.5. The highest BCUT2D eigenvalue weighted by molar-refractivity contribution is 6.34. The van der Waals surface area contributed by atoms with Gasteiger partial charge in [-0.15, -0.1) is 0 Å². The van der Waals surface area contributed by atoms with Crippen LogP contribution >= 0.6 is 0 Å². The summed E-state index contributed by atoms with van der Waals surface area (Å²) in [5, 5.41) is 14.7. The topological polar surface area (TPSA) is 114 Å². The van der Waals surface area contributed by atoms with Gasteiger partial charge < -0.3 is 25.2 Å². The Morgan fingerprint density at radius 3 is 2.22 bits per heavy atom. The third kappa shape index (κ3) is 6.76. The summed E-state index contributed by atoms with van der Waals surface area (Å²) in [5.41, 5.74) is 3.14. The predicted octanol–water partition coefficient (Wildman–Crippen LogP) is 5.49. The zero-order chi connectivity index (χ0) is 26.6. The number of carboxylic acid groups (broad SMARTS) is 1. The van der Waals surface area contributed by atoms with Gasteiger partial charge in [-0.3, -0.25) is 4.79 Å². The predicted molar refractivity (Wildman–Crippen MR) is 140 cm³/mol. The molecule has 1 heterocycles. The second-order valence-electron chi connectivity index (χ2n) is 9.61. The van der Waals surface area contributed by atoms with Crippen LogP contribution in [0.1, 0.15) is 37.5 Å². The second kappa shape index (κ2) is 10.6. The summed E-state index contributed by atoms with van der Waals surface area (Å²) in [7, 11) is 0. The Balaban J connectivity index is 1.38. The van der Waals surface area contributed by atoms with Gasteiger partial charge in [-0.2, -0.15) is 0 Å². The van der Waals surface area contributed by atoms with E-state index in [0.29, 0.717) is 22.6 Å². The maximum atomic E-state index is 12.3. The number of alkyl carbamates (subject to hydrolysis) is 1. The van der Waals surface area contributed by atoms with Crippen LogP contribution < -0.4 is 15.4 Å². The van der Waals surface area contributed by atoms with E-state index in [0.717, 1.165) is 16.8 Å². The van der Waals surface area contributed by atoms with Gasteiger partial charge in [0, 0.05) is 23.2 Å². The Labute approximate surface area is 214 Å². The van der Waals surface area contributed by atoms with Gasteiger partial charge in [-0.05, 0) is 68.3 Å². The zero-order valence-electron chi connectivity index (χ0n) is 20.8. The molecule has 0 fully saturated rings. The summed E-state index contributed by atoms with van der Waals surface area (Å²) >= 11 is 0. The number of hydrogen-bond acceptors (Lipinski definition) is 5. The van der Waals surface area contributed by atoms with E-state index >= 15 is 0 Å². The van der Waals surface area contributed by atoms with E-state index in [1.165, 1.54) is 0 Å². The minimum absolute atomic E-state index is 0.0922. The fourth-order valence-electron chi connectivity index (χ4n) is 3.80. The number of amides is 2. The number of carbonyl (C=O) groups excluding carboxylic acids is 2. The van der Waals surface area contributed by atoms with Gasteiger partial charge in [-0.1, -0.05) is 42.5 Å². The van der Waals surface area contributed by atoms with Crippen LogP contribution in [0.3, 0.4) is 0 Å². The zero-order valence-corrected chi connectivity index (χ0v) is 20.8. The van der Waals surface area contributed by atoms with E-state index in [2.05, 4.69) is 10.6 Å². The molecule has 0 radical (unpaired) electrons. The molecule has 0 aromatic heterocycles. The van der Waals surface area contributed by atoms with Gasteiger partial charge in [-0.25, -0.2) is 9.59 Å². The van der Waals surface area contributed by atoms with Crippen LogP contribution in [0.2, 0.25) is 0 Å². The first-order chi connectivity index (χ1) is 17.6. The minimum Gasteiger partial charge on any atom is -0.480 e. The number of nitrogens with one attached hydrogen (secondary N) is 2. The molecule has 0 saturated carbocycles. The molecule has 1 atom stereocenters. The van der Waals surface area contributed by atoms with E-state index in [-0.39, 0.29) is 12.3 Å². The van der Waals surface area contributed by atoms with Crippen molar-refractivity contribution in [1.29, 1.82) is 0 Å². The summed E-state index contributed by atoms with van der Waals surface area (Å²) in [6.45, 7) is 5.12. The molecule has 3 aromatic rings. The molecule has 3 aromatic carbocycles. The van der Waals surface area contributed by atoms with Gasteiger partial charge in [0.1, 0.15) is 23.1 Å². The maximum Gasteiger partial charge on any atom is 0.408 e. The average Bonchev–Trinajstić information content (AvgIpc) is 3.14. The van der Waals surface area contributed by atoms with Crippen molar-refractivity contribution in [2.24, 2.45) is 0 Å². The maximum absolute atomic E-state index is 12.3. The number of ether oxygens (including phenoxy) is 2. The summed E-state index contributed by atoms with van der Waals surface area (Å²) in [5.74, 6) is -0.0972. The van der Waals surface area contributed by atoms with Crippen LogP contribution in [0, 0.1) is 0 Å². The van der Waals surface area contributed by atoms with E-state index in [4.69, 9.17) is 9.47 Å². The molecule has 8 nitrogen and oxygen atoms in total. The lowest BCUT2D eigenvalue weighted by molar-refractivity contribution is -0.139. The van der Waals surface area contributed by atoms with E-state index < -0.39 is 23.7 Å². The summed E-state index contributed by atoms with van der Waals surface area (Å²) in [4.78, 5) is 35.9. The molecule has 190 valence electrons. The van der Waals surface area contributed by atoms with Gasteiger partial charge in [0.15, 0.2) is 0 Å². The molecule has 0 spiro atoms. The molecule has 0 aliphatic carbocycles. The third-order valence-corrected chi connectivity index (χ3v) is 5.49. The Morgan fingerprint density at radius 2 is 1.59 bits per heavy atom. The van der Waals surface area contributed by atoms with Crippen molar-refractivity contribution >= 4 is 35.3 Å². The molecule has 37 heavy (non-hydrogen) atoms. The fourth-order valence-corrected chi connectivity index (χ4v) is 3.80. The summed E-state index contributed by atoms with van der Waals surface area (Å²) < 4.78 is 11.1. The summed E-state index contributed by atoms with van der Waals surface area (Å²) in [6, 6.07) is 20.7. The monoisotopic (exact) mass is 500 g/mol.